The molecule has 0 saturated carbocycles. The second-order valence-electron chi connectivity index (χ2n) is 3.14. The number of rotatable bonds is 2. The normalized spacial score (nSPS) is 17.7. The van der Waals surface area contributed by atoms with Crippen LogP contribution in [-0.4, -0.2) is 5.78 Å². The highest BCUT2D eigenvalue weighted by molar-refractivity contribution is 5.96. The van der Waals surface area contributed by atoms with Crippen molar-refractivity contribution in [1.29, 1.82) is 0 Å². The Morgan fingerprint density at radius 3 is 2.70 bits per heavy atom. The van der Waals surface area contributed by atoms with E-state index in [-0.39, 0.29) is 5.92 Å². The summed E-state index contributed by atoms with van der Waals surface area (Å²) < 4.78 is 0. The van der Waals surface area contributed by atoms with Crippen molar-refractivity contribution in [2.75, 3.05) is 0 Å². The minimum Gasteiger partial charge on any atom is -0.294 e. The van der Waals surface area contributed by atoms with Crippen LogP contribution >= 0.6 is 0 Å². The van der Waals surface area contributed by atoms with Crippen LogP contribution in [0.5, 0.6) is 0 Å². The Balaban J connectivity index is 2.56. The zero-order valence-corrected chi connectivity index (χ0v) is 6.68. The van der Waals surface area contributed by atoms with Crippen molar-refractivity contribution >= 4 is 5.78 Å². The highest BCUT2D eigenvalue weighted by Crippen LogP contribution is 2.20. The number of hydrogen-bond donors (Lipinski definition) is 0. The largest absolute Gasteiger partial charge is 0.294 e. The van der Waals surface area contributed by atoms with E-state index >= 15 is 0 Å². The molecule has 0 aromatic heterocycles. The third kappa shape index (κ3) is 1.47. The van der Waals surface area contributed by atoms with Gasteiger partial charge < -0.3 is 0 Å². The molecule has 0 saturated heterocycles. The Bertz CT molecular complexity index is 166. The predicted molar refractivity (Wildman–Crippen MR) is 41.8 cm³/mol. The molecule has 1 aliphatic carbocycles. The van der Waals surface area contributed by atoms with Crippen LogP contribution in [0, 0.1) is 5.92 Å². The van der Waals surface area contributed by atoms with E-state index in [1.807, 2.05) is 13.8 Å². The molecule has 1 heteroatoms. The van der Waals surface area contributed by atoms with Crippen molar-refractivity contribution in [2.24, 2.45) is 5.92 Å². The fourth-order valence-corrected chi connectivity index (χ4v) is 1.27. The lowest BCUT2D eigenvalue weighted by atomic mass is 10.0. The number of hydrogen-bond acceptors (Lipinski definition) is 1. The van der Waals surface area contributed by atoms with Gasteiger partial charge >= 0.3 is 0 Å². The molecule has 1 aliphatic rings. The van der Waals surface area contributed by atoms with Crippen LogP contribution in [0.2, 0.25) is 0 Å². The molecular formula is C9H14O. The Labute approximate surface area is 62.1 Å². The van der Waals surface area contributed by atoms with E-state index in [9.17, 15) is 4.79 Å². The quantitative estimate of drug-likeness (QED) is 0.572. The van der Waals surface area contributed by atoms with Gasteiger partial charge in [-0.25, -0.2) is 0 Å². The molecule has 0 heterocycles. The van der Waals surface area contributed by atoms with E-state index in [1.54, 1.807) is 0 Å². The number of carbonyl (C=O) groups is 1. The van der Waals surface area contributed by atoms with Crippen molar-refractivity contribution in [1.82, 2.24) is 0 Å². The molecule has 0 aromatic carbocycles. The maximum Gasteiger partial charge on any atom is 0.161 e. The first-order valence-corrected chi connectivity index (χ1v) is 3.95. The van der Waals surface area contributed by atoms with E-state index < -0.39 is 0 Å². The summed E-state index contributed by atoms with van der Waals surface area (Å²) in [5, 5.41) is 0. The summed E-state index contributed by atoms with van der Waals surface area (Å²) in [6.07, 6.45) is 5.38. The molecule has 0 atom stereocenters. The van der Waals surface area contributed by atoms with Crippen LogP contribution in [0.4, 0.5) is 0 Å². The van der Waals surface area contributed by atoms with E-state index in [0.29, 0.717) is 5.78 Å². The molecule has 1 nitrogen and oxygen atoms in total. The second kappa shape index (κ2) is 3.00. The lowest BCUT2D eigenvalue weighted by Gasteiger charge is -2.02. The molecule has 1 rings (SSSR count). The molecule has 0 amide bonds. The van der Waals surface area contributed by atoms with E-state index in [2.05, 4.69) is 6.08 Å². The second-order valence-corrected chi connectivity index (χ2v) is 3.14. The monoisotopic (exact) mass is 138 g/mol. The molecule has 0 bridgehead atoms. The SMILES string of the molecule is CC(C)C(=O)C1=CCCC1. The first kappa shape index (κ1) is 7.52. The zero-order valence-electron chi connectivity index (χ0n) is 6.68. The first-order valence-electron chi connectivity index (χ1n) is 3.95. The molecule has 0 unspecified atom stereocenters. The Kier molecular flexibility index (Phi) is 2.25. The van der Waals surface area contributed by atoms with Crippen LogP contribution in [0.25, 0.3) is 0 Å². The van der Waals surface area contributed by atoms with Crippen LogP contribution in [0.1, 0.15) is 33.1 Å². The van der Waals surface area contributed by atoms with Crippen molar-refractivity contribution in [3.05, 3.63) is 11.6 Å². The third-order valence-electron chi connectivity index (χ3n) is 1.88. The number of allylic oxidation sites excluding steroid dienone is 2. The van der Waals surface area contributed by atoms with E-state index in [1.165, 1.54) is 6.42 Å². The number of Topliss-reactive ketones (excluding diaryl/α,β-unsaturated/α-hetero) is 1. The summed E-state index contributed by atoms with van der Waals surface area (Å²) >= 11 is 0. The summed E-state index contributed by atoms with van der Waals surface area (Å²) in [4.78, 5) is 11.3. The predicted octanol–water partition coefficient (Wildman–Crippen LogP) is 2.32. The van der Waals surface area contributed by atoms with Crippen molar-refractivity contribution < 1.29 is 4.79 Å². The Morgan fingerprint density at radius 1 is 1.60 bits per heavy atom. The highest BCUT2D eigenvalue weighted by Gasteiger charge is 2.15. The van der Waals surface area contributed by atoms with Crippen molar-refractivity contribution in [2.45, 2.75) is 33.1 Å². The topological polar surface area (TPSA) is 17.1 Å². The lowest BCUT2D eigenvalue weighted by molar-refractivity contribution is -0.118. The van der Waals surface area contributed by atoms with Gasteiger partial charge in [0.2, 0.25) is 0 Å². The van der Waals surface area contributed by atoms with Gasteiger partial charge in [0.05, 0.1) is 0 Å². The van der Waals surface area contributed by atoms with Crippen LogP contribution in [-0.2, 0) is 4.79 Å². The van der Waals surface area contributed by atoms with Gasteiger partial charge in [-0.15, -0.1) is 0 Å². The minimum atomic E-state index is 0.185. The van der Waals surface area contributed by atoms with Crippen LogP contribution in [0.15, 0.2) is 11.6 Å². The minimum absolute atomic E-state index is 0.185. The number of carbonyl (C=O) groups excluding carboxylic acids is 1. The Morgan fingerprint density at radius 2 is 2.30 bits per heavy atom. The van der Waals surface area contributed by atoms with Gasteiger partial charge in [0.25, 0.3) is 0 Å². The summed E-state index contributed by atoms with van der Waals surface area (Å²) in [6, 6.07) is 0. The summed E-state index contributed by atoms with van der Waals surface area (Å²) in [5.41, 5.74) is 1.06. The van der Waals surface area contributed by atoms with Gasteiger partial charge in [0.15, 0.2) is 5.78 Å². The lowest BCUT2D eigenvalue weighted by Crippen LogP contribution is -2.08. The molecule has 56 valence electrons. The van der Waals surface area contributed by atoms with Crippen LogP contribution in [0.3, 0.4) is 0 Å². The maximum absolute atomic E-state index is 11.3. The van der Waals surface area contributed by atoms with E-state index in [0.717, 1.165) is 18.4 Å². The highest BCUT2D eigenvalue weighted by atomic mass is 16.1. The van der Waals surface area contributed by atoms with Gasteiger partial charge in [-0.05, 0) is 24.8 Å². The average Bonchev–Trinajstić information content (AvgIpc) is 2.36. The molecule has 0 fully saturated rings. The fourth-order valence-electron chi connectivity index (χ4n) is 1.27. The molecule has 0 radical (unpaired) electrons. The standard InChI is InChI=1S/C9H14O/c1-7(2)9(10)8-5-3-4-6-8/h5,7H,3-4,6H2,1-2H3. The van der Waals surface area contributed by atoms with Gasteiger partial charge in [-0.2, -0.15) is 0 Å². The molecule has 0 aliphatic heterocycles. The maximum atomic E-state index is 11.3. The molecule has 0 aromatic rings. The zero-order chi connectivity index (χ0) is 7.56. The van der Waals surface area contributed by atoms with Gasteiger partial charge in [-0.3, -0.25) is 4.79 Å². The summed E-state index contributed by atoms with van der Waals surface area (Å²) in [6.45, 7) is 3.92. The average molecular weight is 138 g/mol. The summed E-state index contributed by atoms with van der Waals surface area (Å²) in [5.74, 6) is 0.529. The molecular weight excluding hydrogens is 124 g/mol. The van der Waals surface area contributed by atoms with Crippen LogP contribution < -0.4 is 0 Å². The van der Waals surface area contributed by atoms with Gasteiger partial charge in [0, 0.05) is 5.92 Å². The third-order valence-corrected chi connectivity index (χ3v) is 1.88. The molecule has 10 heavy (non-hydrogen) atoms. The Hall–Kier alpha value is -0.590. The van der Waals surface area contributed by atoms with Gasteiger partial charge in [-0.1, -0.05) is 19.9 Å². The first-order chi connectivity index (χ1) is 4.72. The smallest absolute Gasteiger partial charge is 0.161 e. The molecule has 0 spiro atoms. The van der Waals surface area contributed by atoms with E-state index in [4.69, 9.17) is 0 Å². The summed E-state index contributed by atoms with van der Waals surface area (Å²) in [7, 11) is 0. The van der Waals surface area contributed by atoms with Crippen molar-refractivity contribution in [3.63, 3.8) is 0 Å². The van der Waals surface area contributed by atoms with Crippen molar-refractivity contribution in [3.8, 4) is 0 Å². The fraction of sp³-hybridized carbons (Fsp3) is 0.667. The number of ketones is 1. The molecule has 0 N–H and O–H groups in total. The van der Waals surface area contributed by atoms with Gasteiger partial charge in [0.1, 0.15) is 0 Å².